The number of carbonyl (C=O) groups excluding carboxylic acids is 2. The summed E-state index contributed by atoms with van der Waals surface area (Å²) in [5.74, 6) is -0.779. The quantitative estimate of drug-likeness (QED) is 0.696. The molecule has 19 heavy (non-hydrogen) atoms. The van der Waals surface area contributed by atoms with E-state index in [2.05, 4.69) is 0 Å². The molecule has 0 heterocycles. The molecule has 0 radical (unpaired) electrons. The van der Waals surface area contributed by atoms with Crippen LogP contribution in [0.2, 0.25) is 0 Å². The zero-order chi connectivity index (χ0) is 14.3. The Hall–Kier alpha value is -1.06. The highest BCUT2D eigenvalue weighted by Crippen LogP contribution is 2.46. The minimum Gasteiger partial charge on any atom is -0.466 e. The number of carbonyl (C=O) groups is 2. The Balaban J connectivity index is 3.00. The average molecular weight is 270 g/mol. The summed E-state index contributed by atoms with van der Waals surface area (Å²) in [6.45, 7) is 6.37. The predicted octanol–water partition coefficient (Wildman–Crippen LogP) is 3.09. The van der Waals surface area contributed by atoms with Gasteiger partial charge in [-0.15, -0.1) is 0 Å². The van der Waals surface area contributed by atoms with Gasteiger partial charge in [-0.25, -0.2) is 0 Å². The summed E-state index contributed by atoms with van der Waals surface area (Å²) >= 11 is 0. The number of esters is 2. The molecule has 1 aliphatic carbocycles. The second-order valence-electron chi connectivity index (χ2n) is 5.18. The molecule has 1 rings (SSSR count). The first-order chi connectivity index (χ1) is 9.12. The fraction of sp³-hybridized carbons (Fsp3) is 0.867. The van der Waals surface area contributed by atoms with Crippen molar-refractivity contribution in [2.24, 2.45) is 11.3 Å². The SMILES string of the molecule is CCCC1(C(=O)OCC)CCCCC1C(=O)OCC. The lowest BCUT2D eigenvalue weighted by Gasteiger charge is -2.40. The molecule has 0 saturated heterocycles. The van der Waals surface area contributed by atoms with Gasteiger partial charge < -0.3 is 9.47 Å². The molecule has 110 valence electrons. The fourth-order valence-electron chi connectivity index (χ4n) is 3.19. The van der Waals surface area contributed by atoms with E-state index in [0.717, 1.165) is 32.1 Å². The number of rotatable bonds is 6. The molecule has 0 aliphatic heterocycles. The molecule has 0 aromatic heterocycles. The predicted molar refractivity (Wildman–Crippen MR) is 72.6 cm³/mol. The van der Waals surface area contributed by atoms with Crippen molar-refractivity contribution in [3.8, 4) is 0 Å². The van der Waals surface area contributed by atoms with Gasteiger partial charge in [0.15, 0.2) is 0 Å². The highest BCUT2D eigenvalue weighted by Gasteiger charge is 2.51. The first kappa shape index (κ1) is 16.0. The molecule has 0 N–H and O–H groups in total. The van der Waals surface area contributed by atoms with Crippen LogP contribution in [-0.2, 0) is 19.1 Å². The summed E-state index contributed by atoms with van der Waals surface area (Å²) in [5.41, 5.74) is -0.657. The monoisotopic (exact) mass is 270 g/mol. The molecule has 1 fully saturated rings. The Labute approximate surface area is 115 Å². The molecule has 2 unspecified atom stereocenters. The van der Waals surface area contributed by atoms with Gasteiger partial charge in [0.1, 0.15) is 0 Å². The number of hydrogen-bond acceptors (Lipinski definition) is 4. The molecule has 0 amide bonds. The fourth-order valence-corrected chi connectivity index (χ4v) is 3.19. The van der Waals surface area contributed by atoms with Crippen LogP contribution in [0.15, 0.2) is 0 Å². The largest absolute Gasteiger partial charge is 0.466 e. The van der Waals surface area contributed by atoms with Crippen molar-refractivity contribution in [3.05, 3.63) is 0 Å². The van der Waals surface area contributed by atoms with Gasteiger partial charge in [0.2, 0.25) is 0 Å². The molecule has 0 spiro atoms. The smallest absolute Gasteiger partial charge is 0.312 e. The zero-order valence-corrected chi connectivity index (χ0v) is 12.4. The Kier molecular flexibility index (Phi) is 6.32. The normalized spacial score (nSPS) is 26.8. The summed E-state index contributed by atoms with van der Waals surface area (Å²) in [4.78, 5) is 24.6. The minimum absolute atomic E-state index is 0.213. The summed E-state index contributed by atoms with van der Waals surface area (Å²) < 4.78 is 10.4. The second kappa shape index (κ2) is 7.51. The van der Waals surface area contributed by atoms with E-state index in [1.165, 1.54) is 0 Å². The first-order valence-corrected chi connectivity index (χ1v) is 7.46. The molecule has 1 aliphatic rings. The third kappa shape index (κ3) is 3.48. The zero-order valence-electron chi connectivity index (χ0n) is 12.4. The number of hydrogen-bond donors (Lipinski definition) is 0. The van der Waals surface area contributed by atoms with Gasteiger partial charge >= 0.3 is 11.9 Å². The van der Waals surface area contributed by atoms with Crippen LogP contribution in [0, 0.1) is 11.3 Å². The van der Waals surface area contributed by atoms with E-state index in [1.54, 1.807) is 13.8 Å². The van der Waals surface area contributed by atoms with Crippen molar-refractivity contribution >= 4 is 11.9 Å². The molecular formula is C15H26O4. The Morgan fingerprint density at radius 2 is 1.79 bits per heavy atom. The van der Waals surface area contributed by atoms with Crippen molar-refractivity contribution in [1.29, 1.82) is 0 Å². The van der Waals surface area contributed by atoms with Crippen LogP contribution in [0.1, 0.15) is 59.3 Å². The van der Waals surface area contributed by atoms with Gasteiger partial charge in [-0.05, 0) is 33.1 Å². The van der Waals surface area contributed by atoms with Crippen molar-refractivity contribution in [2.45, 2.75) is 59.3 Å². The van der Waals surface area contributed by atoms with E-state index in [9.17, 15) is 9.59 Å². The van der Waals surface area contributed by atoms with Gasteiger partial charge in [0, 0.05) is 0 Å². The average Bonchev–Trinajstić information content (AvgIpc) is 2.40. The van der Waals surface area contributed by atoms with E-state index >= 15 is 0 Å². The molecule has 2 atom stereocenters. The van der Waals surface area contributed by atoms with Crippen molar-refractivity contribution in [1.82, 2.24) is 0 Å². The van der Waals surface area contributed by atoms with Crippen LogP contribution in [0.3, 0.4) is 0 Å². The summed E-state index contributed by atoms with van der Waals surface area (Å²) in [6.07, 6.45) is 5.01. The van der Waals surface area contributed by atoms with Gasteiger partial charge in [-0.1, -0.05) is 26.2 Å². The Bertz CT molecular complexity index is 309. The third-order valence-electron chi connectivity index (χ3n) is 3.98. The van der Waals surface area contributed by atoms with E-state index in [1.807, 2.05) is 6.92 Å². The molecule has 0 aromatic carbocycles. The summed E-state index contributed by atoms with van der Waals surface area (Å²) in [6, 6.07) is 0. The maximum atomic E-state index is 12.4. The van der Waals surface area contributed by atoms with Crippen LogP contribution >= 0.6 is 0 Å². The van der Waals surface area contributed by atoms with Gasteiger partial charge in [0.25, 0.3) is 0 Å². The van der Waals surface area contributed by atoms with E-state index < -0.39 is 5.41 Å². The summed E-state index contributed by atoms with van der Waals surface area (Å²) in [7, 11) is 0. The van der Waals surface area contributed by atoms with Crippen LogP contribution in [0.25, 0.3) is 0 Å². The first-order valence-electron chi connectivity index (χ1n) is 7.46. The standard InChI is InChI=1S/C15H26O4/c1-4-10-15(14(17)19-6-3)11-8-7-9-12(15)13(16)18-5-2/h12H,4-11H2,1-3H3. The van der Waals surface area contributed by atoms with Crippen LogP contribution < -0.4 is 0 Å². The summed E-state index contributed by atoms with van der Waals surface area (Å²) in [5, 5.41) is 0. The van der Waals surface area contributed by atoms with Gasteiger partial charge in [-0.2, -0.15) is 0 Å². The molecule has 4 nitrogen and oxygen atoms in total. The second-order valence-corrected chi connectivity index (χ2v) is 5.18. The lowest BCUT2D eigenvalue weighted by molar-refractivity contribution is -0.173. The highest BCUT2D eigenvalue weighted by atomic mass is 16.5. The van der Waals surface area contributed by atoms with Crippen molar-refractivity contribution < 1.29 is 19.1 Å². The molecule has 0 aromatic rings. The highest BCUT2D eigenvalue weighted by molar-refractivity contribution is 5.85. The molecule has 0 bridgehead atoms. The van der Waals surface area contributed by atoms with Crippen LogP contribution in [0.5, 0.6) is 0 Å². The van der Waals surface area contributed by atoms with Gasteiger partial charge in [-0.3, -0.25) is 9.59 Å². The minimum atomic E-state index is -0.657. The molecule has 4 heteroatoms. The van der Waals surface area contributed by atoms with Gasteiger partial charge in [0.05, 0.1) is 24.5 Å². The topological polar surface area (TPSA) is 52.6 Å². The number of ether oxygens (including phenoxy) is 2. The Morgan fingerprint density at radius 1 is 1.11 bits per heavy atom. The lowest BCUT2D eigenvalue weighted by Crippen LogP contribution is -2.46. The van der Waals surface area contributed by atoms with E-state index in [4.69, 9.17) is 9.47 Å². The van der Waals surface area contributed by atoms with E-state index in [-0.39, 0.29) is 17.9 Å². The maximum absolute atomic E-state index is 12.4. The van der Waals surface area contributed by atoms with Crippen molar-refractivity contribution in [3.63, 3.8) is 0 Å². The van der Waals surface area contributed by atoms with Crippen molar-refractivity contribution in [2.75, 3.05) is 13.2 Å². The molecule has 1 saturated carbocycles. The maximum Gasteiger partial charge on any atom is 0.312 e. The third-order valence-corrected chi connectivity index (χ3v) is 3.98. The Morgan fingerprint density at radius 3 is 2.37 bits per heavy atom. The van der Waals surface area contributed by atoms with E-state index in [0.29, 0.717) is 19.6 Å². The lowest BCUT2D eigenvalue weighted by atomic mass is 9.64. The molecular weight excluding hydrogens is 244 g/mol. The van der Waals surface area contributed by atoms with Crippen LogP contribution in [-0.4, -0.2) is 25.2 Å². The van der Waals surface area contributed by atoms with Crippen LogP contribution in [0.4, 0.5) is 0 Å².